The minimum atomic E-state index is -1.03. The lowest BCUT2D eigenvalue weighted by molar-refractivity contribution is -0.136. The third-order valence-electron chi connectivity index (χ3n) is 4.31. The lowest BCUT2D eigenvalue weighted by Gasteiger charge is -2.11. The third kappa shape index (κ3) is 6.40. The van der Waals surface area contributed by atoms with Crippen LogP contribution in [0.2, 0.25) is 0 Å². The number of benzene rings is 3. The molecule has 10 heteroatoms. The van der Waals surface area contributed by atoms with Crippen molar-refractivity contribution in [3.63, 3.8) is 0 Å². The van der Waals surface area contributed by atoms with Gasteiger partial charge >= 0.3 is 11.8 Å². The van der Waals surface area contributed by atoms with Crippen LogP contribution in [0, 0.1) is 0 Å². The van der Waals surface area contributed by atoms with Gasteiger partial charge in [-0.1, -0.05) is 28.1 Å². The van der Waals surface area contributed by atoms with Crippen LogP contribution >= 0.6 is 15.9 Å². The van der Waals surface area contributed by atoms with Gasteiger partial charge in [0.1, 0.15) is 0 Å². The topological polar surface area (TPSA) is 129 Å². The van der Waals surface area contributed by atoms with Gasteiger partial charge in [-0.25, -0.2) is 5.43 Å². The first kappa shape index (κ1) is 23.5. The number of methoxy groups -OCH3 is 1. The van der Waals surface area contributed by atoms with E-state index in [2.05, 4.69) is 37.1 Å². The van der Waals surface area contributed by atoms with Crippen LogP contribution in [0.25, 0.3) is 0 Å². The van der Waals surface area contributed by atoms with Gasteiger partial charge in [0.2, 0.25) is 0 Å². The first-order chi connectivity index (χ1) is 15.9. The number of hydrogen-bond donors (Lipinski definition) is 4. The molecular weight excluding hydrogens is 492 g/mol. The Morgan fingerprint density at radius 3 is 2.42 bits per heavy atom. The minimum absolute atomic E-state index is 0.0408. The number of carbonyl (C=O) groups is 3. The summed E-state index contributed by atoms with van der Waals surface area (Å²) in [4.78, 5) is 37.0. The average molecular weight is 511 g/mol. The second-order valence-electron chi connectivity index (χ2n) is 6.59. The van der Waals surface area contributed by atoms with Gasteiger partial charge in [-0.05, 0) is 60.2 Å². The number of phenolic OH excluding ortho intramolecular Hbond substituents is 1. The zero-order valence-electron chi connectivity index (χ0n) is 17.3. The molecule has 0 aliphatic rings. The lowest BCUT2D eigenvalue weighted by Crippen LogP contribution is -2.33. The Morgan fingerprint density at radius 1 is 0.970 bits per heavy atom. The molecule has 0 unspecified atom stereocenters. The maximum atomic E-state index is 12.7. The number of para-hydroxylation sites is 1. The molecule has 0 fully saturated rings. The molecule has 0 aromatic heterocycles. The fourth-order valence-corrected chi connectivity index (χ4v) is 2.96. The Bertz CT molecular complexity index is 1210. The number of anilines is 2. The summed E-state index contributed by atoms with van der Waals surface area (Å²) in [6, 6.07) is 17.8. The number of ether oxygens (including phenoxy) is 1. The number of hydrogen-bond acceptors (Lipinski definition) is 6. The second kappa shape index (κ2) is 10.9. The summed E-state index contributed by atoms with van der Waals surface area (Å²) in [6.07, 6.45) is 1.28. The molecule has 3 amide bonds. The van der Waals surface area contributed by atoms with Gasteiger partial charge in [-0.3, -0.25) is 14.4 Å². The number of rotatable bonds is 6. The number of nitrogens with zero attached hydrogens (tertiary/aromatic N) is 1. The normalized spacial score (nSPS) is 10.5. The summed E-state index contributed by atoms with van der Waals surface area (Å²) in [5, 5.41) is 18.5. The molecule has 3 aromatic rings. The number of carbonyl (C=O) groups excluding carboxylic acids is 3. The number of aromatic hydroxyl groups is 1. The third-order valence-corrected chi connectivity index (χ3v) is 4.84. The quantitative estimate of drug-likeness (QED) is 0.229. The van der Waals surface area contributed by atoms with Crippen molar-refractivity contribution < 1.29 is 24.2 Å². The second-order valence-corrected chi connectivity index (χ2v) is 7.51. The number of nitrogens with one attached hydrogen (secondary N) is 3. The maximum absolute atomic E-state index is 12.7. The van der Waals surface area contributed by atoms with Crippen molar-refractivity contribution in [1.82, 2.24) is 5.43 Å². The van der Waals surface area contributed by atoms with E-state index in [1.165, 1.54) is 37.6 Å². The van der Waals surface area contributed by atoms with Gasteiger partial charge in [0.15, 0.2) is 11.5 Å². The molecule has 0 spiro atoms. The molecule has 3 rings (SSSR count). The number of halogens is 1. The van der Waals surface area contributed by atoms with Gasteiger partial charge in [-0.2, -0.15) is 5.10 Å². The van der Waals surface area contributed by atoms with Crippen molar-refractivity contribution in [3.05, 3.63) is 82.3 Å². The Kier molecular flexibility index (Phi) is 7.77. The fourth-order valence-electron chi connectivity index (χ4n) is 2.69. The van der Waals surface area contributed by atoms with Crippen LogP contribution in [-0.4, -0.2) is 36.2 Å². The van der Waals surface area contributed by atoms with Gasteiger partial charge in [0.05, 0.1) is 24.6 Å². The number of amides is 3. The standard InChI is InChI=1S/C23H19BrN4O5/c1-33-20-12-14(6-11-19(20)29)13-25-28-23(32)22(31)27-18-5-3-2-4-17(18)21(30)26-16-9-7-15(24)8-10-16/h2-13,29H,1H3,(H,26,30)(H,27,31)(H,28,32)/b25-13-. The fraction of sp³-hybridized carbons (Fsp3) is 0.0435. The molecule has 0 atom stereocenters. The molecule has 0 saturated heterocycles. The number of phenols is 1. The molecule has 0 aliphatic heterocycles. The van der Waals surface area contributed by atoms with E-state index in [4.69, 9.17) is 4.74 Å². The molecule has 0 saturated carbocycles. The minimum Gasteiger partial charge on any atom is -0.504 e. The monoisotopic (exact) mass is 510 g/mol. The van der Waals surface area contributed by atoms with E-state index in [1.807, 2.05) is 0 Å². The highest BCUT2D eigenvalue weighted by Crippen LogP contribution is 2.25. The molecule has 0 heterocycles. The zero-order valence-corrected chi connectivity index (χ0v) is 18.9. The summed E-state index contributed by atoms with van der Waals surface area (Å²) in [6.45, 7) is 0. The Morgan fingerprint density at radius 2 is 1.70 bits per heavy atom. The van der Waals surface area contributed by atoms with Crippen molar-refractivity contribution in [2.45, 2.75) is 0 Å². The van der Waals surface area contributed by atoms with E-state index < -0.39 is 17.7 Å². The van der Waals surface area contributed by atoms with E-state index in [0.29, 0.717) is 11.3 Å². The van der Waals surface area contributed by atoms with E-state index >= 15 is 0 Å². The Hall–Kier alpha value is -4.18. The molecule has 0 aliphatic carbocycles. The van der Waals surface area contributed by atoms with Crippen LogP contribution in [-0.2, 0) is 9.59 Å². The van der Waals surface area contributed by atoms with Crippen molar-refractivity contribution in [2.24, 2.45) is 5.10 Å². The first-order valence-electron chi connectivity index (χ1n) is 9.54. The van der Waals surface area contributed by atoms with Crippen LogP contribution in [0.5, 0.6) is 11.5 Å². The average Bonchev–Trinajstić information content (AvgIpc) is 2.81. The Balaban J connectivity index is 1.63. The highest BCUT2D eigenvalue weighted by Gasteiger charge is 2.17. The highest BCUT2D eigenvalue weighted by molar-refractivity contribution is 9.10. The first-order valence-corrected chi connectivity index (χ1v) is 10.3. The zero-order chi connectivity index (χ0) is 23.8. The van der Waals surface area contributed by atoms with Crippen molar-refractivity contribution in [3.8, 4) is 11.5 Å². The summed E-state index contributed by atoms with van der Waals surface area (Å²) in [5.74, 6) is -2.28. The number of hydrazone groups is 1. The molecule has 9 nitrogen and oxygen atoms in total. The molecule has 0 radical (unpaired) electrons. The maximum Gasteiger partial charge on any atom is 0.329 e. The van der Waals surface area contributed by atoms with Gasteiger partial charge in [0, 0.05) is 10.2 Å². The lowest BCUT2D eigenvalue weighted by atomic mass is 10.1. The van der Waals surface area contributed by atoms with Crippen molar-refractivity contribution in [1.29, 1.82) is 0 Å². The summed E-state index contributed by atoms with van der Waals surface area (Å²) < 4.78 is 5.86. The van der Waals surface area contributed by atoms with Gasteiger partial charge < -0.3 is 20.5 Å². The van der Waals surface area contributed by atoms with Crippen molar-refractivity contribution in [2.75, 3.05) is 17.7 Å². The van der Waals surface area contributed by atoms with E-state index in [1.54, 1.807) is 42.5 Å². The highest BCUT2D eigenvalue weighted by atomic mass is 79.9. The molecule has 33 heavy (non-hydrogen) atoms. The molecule has 4 N–H and O–H groups in total. The van der Waals surface area contributed by atoms with Crippen LogP contribution < -0.4 is 20.8 Å². The molecule has 0 bridgehead atoms. The van der Waals surface area contributed by atoms with Crippen molar-refractivity contribution >= 4 is 51.2 Å². The van der Waals surface area contributed by atoms with Crippen LogP contribution in [0.4, 0.5) is 11.4 Å². The van der Waals surface area contributed by atoms with E-state index in [0.717, 1.165) is 4.47 Å². The Labute approximate surface area is 197 Å². The summed E-state index contributed by atoms with van der Waals surface area (Å²) in [7, 11) is 1.40. The largest absolute Gasteiger partial charge is 0.504 e. The van der Waals surface area contributed by atoms with Crippen LogP contribution in [0.3, 0.4) is 0 Å². The predicted octanol–water partition coefficient (Wildman–Crippen LogP) is 3.50. The van der Waals surface area contributed by atoms with Gasteiger partial charge in [0.25, 0.3) is 5.91 Å². The van der Waals surface area contributed by atoms with E-state index in [9.17, 15) is 19.5 Å². The predicted molar refractivity (Wildman–Crippen MR) is 128 cm³/mol. The van der Waals surface area contributed by atoms with E-state index in [-0.39, 0.29) is 22.7 Å². The summed E-state index contributed by atoms with van der Waals surface area (Å²) >= 11 is 3.33. The smallest absolute Gasteiger partial charge is 0.329 e. The molecule has 3 aromatic carbocycles. The van der Waals surface area contributed by atoms with Crippen LogP contribution in [0.15, 0.2) is 76.3 Å². The SMILES string of the molecule is COc1cc(/C=N\NC(=O)C(=O)Nc2ccccc2C(=O)Nc2ccc(Br)cc2)ccc1O. The van der Waals surface area contributed by atoms with Crippen LogP contribution in [0.1, 0.15) is 15.9 Å². The van der Waals surface area contributed by atoms with Gasteiger partial charge in [-0.15, -0.1) is 0 Å². The summed E-state index contributed by atoms with van der Waals surface area (Å²) in [5.41, 5.74) is 3.55. The molecule has 168 valence electrons. The molecular formula is C23H19BrN4O5.